The first-order valence-corrected chi connectivity index (χ1v) is 5.82. The Hall–Kier alpha value is -1.95. The average Bonchev–Trinajstić information content (AvgIpc) is 2.77. The summed E-state index contributed by atoms with van der Waals surface area (Å²) >= 11 is 1.45. The summed E-state index contributed by atoms with van der Waals surface area (Å²) in [6, 6.07) is 3.69. The third-order valence-electron chi connectivity index (χ3n) is 2.39. The van der Waals surface area contributed by atoms with E-state index in [0.29, 0.717) is 5.69 Å². The van der Waals surface area contributed by atoms with E-state index in [9.17, 15) is 9.59 Å². The van der Waals surface area contributed by atoms with Gasteiger partial charge in [0.25, 0.3) is 5.56 Å². The summed E-state index contributed by atoms with van der Waals surface area (Å²) < 4.78 is 1.15. The van der Waals surface area contributed by atoms with Crippen LogP contribution in [0.3, 0.4) is 0 Å². The molecule has 2 N–H and O–H groups in total. The van der Waals surface area contributed by atoms with Crippen LogP contribution >= 0.6 is 11.3 Å². The Morgan fingerprint density at radius 1 is 1.53 bits per heavy atom. The lowest BCUT2D eigenvalue weighted by atomic mass is 10.1. The molecule has 0 amide bonds. The number of carbonyl (C=O) groups is 1. The standard InChI is InChI=1S/C11H11N3O2S/c1-6(15)8-9(12)11(16)14(2)13-10(8)7-4-3-5-17-7/h3-5H,12H2,1-2H3. The average molecular weight is 249 g/mol. The third kappa shape index (κ3) is 1.87. The van der Waals surface area contributed by atoms with Crippen LogP contribution in [0.4, 0.5) is 5.69 Å². The topological polar surface area (TPSA) is 78.0 Å². The minimum Gasteiger partial charge on any atom is -0.394 e. The maximum atomic E-state index is 11.6. The van der Waals surface area contributed by atoms with Crippen LogP contribution < -0.4 is 11.3 Å². The first-order valence-electron chi connectivity index (χ1n) is 4.94. The molecule has 6 heteroatoms. The second-order valence-corrected chi connectivity index (χ2v) is 4.55. The number of hydrogen-bond donors (Lipinski definition) is 1. The molecule has 0 saturated heterocycles. The van der Waals surface area contributed by atoms with E-state index in [4.69, 9.17) is 5.73 Å². The number of rotatable bonds is 2. The zero-order chi connectivity index (χ0) is 12.6. The Morgan fingerprint density at radius 3 is 2.76 bits per heavy atom. The van der Waals surface area contributed by atoms with Gasteiger partial charge in [-0.3, -0.25) is 9.59 Å². The second kappa shape index (κ2) is 4.14. The van der Waals surface area contributed by atoms with Crippen molar-refractivity contribution in [2.45, 2.75) is 6.92 Å². The molecule has 0 bridgehead atoms. The second-order valence-electron chi connectivity index (χ2n) is 3.60. The van der Waals surface area contributed by atoms with Crippen LogP contribution in [0, 0.1) is 0 Å². The van der Waals surface area contributed by atoms with Gasteiger partial charge in [-0.25, -0.2) is 4.68 Å². The minimum atomic E-state index is -0.449. The van der Waals surface area contributed by atoms with E-state index in [1.165, 1.54) is 25.3 Å². The molecule has 0 aliphatic rings. The van der Waals surface area contributed by atoms with Crippen LogP contribution in [0.25, 0.3) is 10.6 Å². The number of carbonyl (C=O) groups excluding carboxylic acids is 1. The molecule has 2 rings (SSSR count). The van der Waals surface area contributed by atoms with Gasteiger partial charge in [0.1, 0.15) is 11.4 Å². The van der Waals surface area contributed by atoms with Crippen LogP contribution in [-0.4, -0.2) is 15.6 Å². The first kappa shape index (κ1) is 11.5. The number of thiophene rings is 1. The fourth-order valence-corrected chi connectivity index (χ4v) is 2.31. The number of ketones is 1. The van der Waals surface area contributed by atoms with Gasteiger partial charge in [-0.15, -0.1) is 11.3 Å². The van der Waals surface area contributed by atoms with Gasteiger partial charge >= 0.3 is 0 Å². The summed E-state index contributed by atoms with van der Waals surface area (Å²) in [6.45, 7) is 1.38. The monoisotopic (exact) mass is 249 g/mol. The van der Waals surface area contributed by atoms with Crippen LogP contribution in [0.15, 0.2) is 22.3 Å². The van der Waals surface area contributed by atoms with Crippen LogP contribution in [0.5, 0.6) is 0 Å². The number of nitrogens with two attached hydrogens (primary N) is 1. The number of hydrogen-bond acceptors (Lipinski definition) is 5. The summed E-state index contributed by atoms with van der Waals surface area (Å²) in [7, 11) is 1.51. The van der Waals surface area contributed by atoms with Crippen molar-refractivity contribution in [1.29, 1.82) is 0 Å². The van der Waals surface area contributed by atoms with E-state index < -0.39 is 5.56 Å². The van der Waals surface area contributed by atoms with E-state index in [1.807, 2.05) is 17.5 Å². The molecule has 0 radical (unpaired) electrons. The summed E-state index contributed by atoms with van der Waals surface area (Å²) in [6.07, 6.45) is 0. The molecule has 0 fully saturated rings. The van der Waals surface area contributed by atoms with Crippen molar-refractivity contribution in [2.75, 3.05) is 5.73 Å². The molecule has 0 aliphatic carbocycles. The van der Waals surface area contributed by atoms with Crippen molar-refractivity contribution in [1.82, 2.24) is 9.78 Å². The molecule has 0 aliphatic heterocycles. The van der Waals surface area contributed by atoms with E-state index in [0.717, 1.165) is 9.56 Å². The van der Waals surface area contributed by atoms with Crippen LogP contribution in [0.1, 0.15) is 17.3 Å². The maximum absolute atomic E-state index is 11.6. The molecule has 17 heavy (non-hydrogen) atoms. The summed E-state index contributed by atoms with van der Waals surface area (Å²) in [4.78, 5) is 24.0. The van der Waals surface area contributed by atoms with Crippen molar-refractivity contribution in [3.05, 3.63) is 33.4 Å². The highest BCUT2D eigenvalue weighted by Gasteiger charge is 2.19. The Labute approximate surface area is 102 Å². The highest BCUT2D eigenvalue weighted by atomic mass is 32.1. The lowest BCUT2D eigenvalue weighted by Gasteiger charge is -2.08. The fraction of sp³-hybridized carbons (Fsp3) is 0.182. The van der Waals surface area contributed by atoms with Gasteiger partial charge < -0.3 is 5.73 Å². The molecule has 0 atom stereocenters. The highest BCUT2D eigenvalue weighted by molar-refractivity contribution is 7.13. The smallest absolute Gasteiger partial charge is 0.290 e. The lowest BCUT2D eigenvalue weighted by Crippen LogP contribution is -2.26. The predicted molar refractivity (Wildman–Crippen MR) is 67.2 cm³/mol. The van der Waals surface area contributed by atoms with Crippen molar-refractivity contribution in [3.8, 4) is 10.6 Å². The van der Waals surface area contributed by atoms with Gasteiger partial charge in [-0.1, -0.05) is 6.07 Å². The Bertz CT molecular complexity index is 629. The Morgan fingerprint density at radius 2 is 2.24 bits per heavy atom. The number of nitrogen functional groups attached to an aromatic ring is 1. The molecule has 2 heterocycles. The van der Waals surface area contributed by atoms with Crippen molar-refractivity contribution in [2.24, 2.45) is 7.05 Å². The molecule has 0 unspecified atom stereocenters. The van der Waals surface area contributed by atoms with Gasteiger partial charge in [0.2, 0.25) is 0 Å². The molecular formula is C11H11N3O2S. The quantitative estimate of drug-likeness (QED) is 0.813. The molecule has 88 valence electrons. The Kier molecular flexibility index (Phi) is 2.81. The molecular weight excluding hydrogens is 238 g/mol. The van der Waals surface area contributed by atoms with Gasteiger partial charge in [-0.05, 0) is 18.4 Å². The molecule has 0 saturated carbocycles. The van der Waals surface area contributed by atoms with Crippen molar-refractivity contribution < 1.29 is 4.79 Å². The number of anilines is 1. The first-order chi connectivity index (χ1) is 8.02. The predicted octanol–water partition coefficient (Wildman–Crippen LogP) is 1.29. The Balaban J connectivity index is 2.84. The van der Waals surface area contributed by atoms with E-state index in [-0.39, 0.29) is 17.0 Å². The highest BCUT2D eigenvalue weighted by Crippen LogP contribution is 2.27. The van der Waals surface area contributed by atoms with E-state index >= 15 is 0 Å². The van der Waals surface area contributed by atoms with E-state index in [2.05, 4.69) is 5.10 Å². The van der Waals surface area contributed by atoms with Crippen molar-refractivity contribution in [3.63, 3.8) is 0 Å². The van der Waals surface area contributed by atoms with Crippen LogP contribution in [0.2, 0.25) is 0 Å². The largest absolute Gasteiger partial charge is 0.394 e. The normalized spacial score (nSPS) is 10.5. The lowest BCUT2D eigenvalue weighted by molar-refractivity contribution is 0.101. The third-order valence-corrected chi connectivity index (χ3v) is 3.26. The van der Waals surface area contributed by atoms with Gasteiger partial charge in [0.15, 0.2) is 5.78 Å². The summed E-state index contributed by atoms with van der Waals surface area (Å²) in [5.41, 5.74) is 5.88. The summed E-state index contributed by atoms with van der Waals surface area (Å²) in [5, 5.41) is 5.99. The number of Topliss-reactive ketones (excluding diaryl/α,β-unsaturated/α-hetero) is 1. The SMILES string of the molecule is CC(=O)c1c(-c2cccs2)nn(C)c(=O)c1N. The fourth-order valence-electron chi connectivity index (χ4n) is 1.60. The zero-order valence-corrected chi connectivity index (χ0v) is 10.2. The molecule has 5 nitrogen and oxygen atoms in total. The summed E-state index contributed by atoms with van der Waals surface area (Å²) in [5.74, 6) is -0.254. The van der Waals surface area contributed by atoms with Gasteiger partial charge in [0, 0.05) is 7.05 Å². The number of nitrogens with zero attached hydrogens (tertiary/aromatic N) is 2. The molecule has 2 aromatic rings. The minimum absolute atomic E-state index is 0.0431. The molecule has 2 aromatic heterocycles. The van der Waals surface area contributed by atoms with Crippen molar-refractivity contribution >= 4 is 22.8 Å². The molecule has 0 aromatic carbocycles. The van der Waals surface area contributed by atoms with Gasteiger partial charge in [-0.2, -0.15) is 5.10 Å². The number of aryl methyl sites for hydroxylation is 1. The van der Waals surface area contributed by atoms with Crippen LogP contribution in [-0.2, 0) is 7.05 Å². The maximum Gasteiger partial charge on any atom is 0.290 e. The molecule has 0 spiro atoms. The number of aromatic nitrogens is 2. The van der Waals surface area contributed by atoms with E-state index in [1.54, 1.807) is 0 Å². The zero-order valence-electron chi connectivity index (χ0n) is 9.43. The van der Waals surface area contributed by atoms with Gasteiger partial charge in [0.05, 0.1) is 10.4 Å².